The highest BCUT2D eigenvalue weighted by molar-refractivity contribution is 6.31. The summed E-state index contributed by atoms with van der Waals surface area (Å²) in [7, 11) is 4.89. The van der Waals surface area contributed by atoms with E-state index in [1.165, 1.54) is 4.90 Å². The molecular formula is C22H28ClN2O4+. The van der Waals surface area contributed by atoms with E-state index in [-0.39, 0.29) is 18.0 Å². The molecule has 0 spiro atoms. The summed E-state index contributed by atoms with van der Waals surface area (Å²) in [6.07, 6.45) is 2.02. The second-order valence-electron chi connectivity index (χ2n) is 7.18. The third-order valence-corrected chi connectivity index (χ3v) is 5.82. The fourth-order valence-electron chi connectivity index (χ4n) is 4.04. The van der Waals surface area contributed by atoms with E-state index in [1.807, 2.05) is 25.1 Å². The van der Waals surface area contributed by atoms with Crippen LogP contribution in [0.1, 0.15) is 31.4 Å². The van der Waals surface area contributed by atoms with Gasteiger partial charge in [-0.05, 0) is 43.3 Å². The first-order valence-electron chi connectivity index (χ1n) is 9.70. The molecule has 2 N–H and O–H groups in total. The van der Waals surface area contributed by atoms with E-state index >= 15 is 0 Å². The summed E-state index contributed by atoms with van der Waals surface area (Å²) in [6, 6.07) is 10.9. The molecule has 0 saturated carbocycles. The highest BCUT2D eigenvalue weighted by atomic mass is 35.5. The molecule has 156 valence electrons. The molecule has 0 aromatic heterocycles. The van der Waals surface area contributed by atoms with Crippen molar-refractivity contribution in [2.45, 2.75) is 31.8 Å². The van der Waals surface area contributed by atoms with E-state index in [9.17, 15) is 4.79 Å². The number of rotatable bonds is 7. The standard InChI is InChI=1S/C22H27ClN2O4/c1-14(22(26)24-18-12-15(23)7-9-21(18)29-4)25-11-5-6-19(25)17-13-16(27-2)8-10-20(17)28-3/h7-10,12-14,19H,5-6,11H2,1-4H3,(H,24,26)/p+1/t14-,19+/m0/s1. The van der Waals surface area contributed by atoms with Gasteiger partial charge in [0.25, 0.3) is 5.91 Å². The van der Waals surface area contributed by atoms with Crippen LogP contribution in [0.4, 0.5) is 5.69 Å². The first-order chi connectivity index (χ1) is 14.0. The second kappa shape index (κ2) is 9.37. The number of hydrogen-bond donors (Lipinski definition) is 2. The summed E-state index contributed by atoms with van der Waals surface area (Å²) < 4.78 is 16.3. The molecule has 0 bridgehead atoms. The van der Waals surface area contributed by atoms with E-state index in [4.69, 9.17) is 25.8 Å². The molecule has 1 fully saturated rings. The van der Waals surface area contributed by atoms with Crippen molar-refractivity contribution in [3.8, 4) is 17.2 Å². The lowest BCUT2D eigenvalue weighted by atomic mass is 10.0. The summed E-state index contributed by atoms with van der Waals surface area (Å²) in [5.74, 6) is 2.11. The van der Waals surface area contributed by atoms with Crippen LogP contribution < -0.4 is 24.4 Å². The fourth-order valence-corrected chi connectivity index (χ4v) is 4.21. The van der Waals surface area contributed by atoms with Crippen molar-refractivity contribution in [2.75, 3.05) is 33.2 Å². The lowest BCUT2D eigenvalue weighted by molar-refractivity contribution is -0.932. The molecule has 1 aliphatic heterocycles. The van der Waals surface area contributed by atoms with Crippen LogP contribution >= 0.6 is 11.6 Å². The van der Waals surface area contributed by atoms with Gasteiger partial charge in [0, 0.05) is 17.9 Å². The van der Waals surface area contributed by atoms with Crippen molar-refractivity contribution in [1.82, 2.24) is 0 Å². The number of halogens is 1. The molecule has 1 unspecified atom stereocenters. The first-order valence-corrected chi connectivity index (χ1v) is 10.1. The van der Waals surface area contributed by atoms with Gasteiger partial charge in [0.1, 0.15) is 23.3 Å². The van der Waals surface area contributed by atoms with Crippen molar-refractivity contribution in [3.63, 3.8) is 0 Å². The van der Waals surface area contributed by atoms with E-state index in [0.29, 0.717) is 16.5 Å². The molecule has 6 nitrogen and oxygen atoms in total. The maximum absolute atomic E-state index is 13.0. The molecule has 29 heavy (non-hydrogen) atoms. The largest absolute Gasteiger partial charge is 0.497 e. The Bertz CT molecular complexity index is 874. The summed E-state index contributed by atoms with van der Waals surface area (Å²) in [4.78, 5) is 14.3. The molecule has 3 atom stereocenters. The number of likely N-dealkylation sites (tertiary alicyclic amines) is 1. The number of anilines is 1. The van der Waals surface area contributed by atoms with Gasteiger partial charge in [-0.1, -0.05) is 11.6 Å². The van der Waals surface area contributed by atoms with Crippen LogP contribution in [0.15, 0.2) is 36.4 Å². The third-order valence-electron chi connectivity index (χ3n) is 5.59. The summed E-state index contributed by atoms with van der Waals surface area (Å²) in [5.41, 5.74) is 1.64. The Kier molecular flexibility index (Phi) is 6.87. The number of nitrogens with one attached hydrogen (secondary N) is 2. The third kappa shape index (κ3) is 4.60. The Morgan fingerprint density at radius 2 is 1.83 bits per heavy atom. The number of hydrogen-bond acceptors (Lipinski definition) is 4. The van der Waals surface area contributed by atoms with Crippen molar-refractivity contribution in [3.05, 3.63) is 47.0 Å². The predicted octanol–water partition coefficient (Wildman–Crippen LogP) is 3.11. The van der Waals surface area contributed by atoms with Gasteiger partial charge >= 0.3 is 0 Å². The number of ether oxygens (including phenoxy) is 3. The maximum Gasteiger partial charge on any atom is 0.282 e. The van der Waals surface area contributed by atoms with Gasteiger partial charge < -0.3 is 24.4 Å². The normalized spacial score (nSPS) is 19.5. The second-order valence-corrected chi connectivity index (χ2v) is 7.62. The molecule has 7 heteroatoms. The quantitative estimate of drug-likeness (QED) is 0.724. The average Bonchev–Trinajstić information content (AvgIpc) is 3.22. The molecule has 1 aliphatic rings. The van der Waals surface area contributed by atoms with E-state index in [2.05, 4.69) is 5.32 Å². The Balaban J connectivity index is 1.82. The van der Waals surface area contributed by atoms with Gasteiger partial charge in [-0.25, -0.2) is 0 Å². The molecule has 2 aromatic carbocycles. The molecule has 1 saturated heterocycles. The SMILES string of the molecule is COc1ccc(OC)c([C@H]2CCC[NH+]2[C@@H](C)C(=O)Nc2cc(Cl)ccc2OC)c1. The summed E-state index contributed by atoms with van der Waals surface area (Å²) in [5, 5.41) is 3.52. The average molecular weight is 420 g/mol. The maximum atomic E-state index is 13.0. The highest BCUT2D eigenvalue weighted by Gasteiger charge is 2.38. The van der Waals surface area contributed by atoms with Gasteiger partial charge in [-0.2, -0.15) is 0 Å². The van der Waals surface area contributed by atoms with Gasteiger partial charge in [0.2, 0.25) is 0 Å². The Morgan fingerprint density at radius 3 is 2.52 bits per heavy atom. The molecule has 2 aromatic rings. The number of methoxy groups -OCH3 is 3. The zero-order chi connectivity index (χ0) is 21.0. The van der Waals surface area contributed by atoms with Crippen molar-refractivity contribution in [1.29, 1.82) is 0 Å². The molecule has 0 aliphatic carbocycles. The van der Waals surface area contributed by atoms with Crippen LogP contribution in [0.2, 0.25) is 5.02 Å². The Morgan fingerprint density at radius 1 is 1.10 bits per heavy atom. The highest BCUT2D eigenvalue weighted by Crippen LogP contribution is 2.32. The minimum absolute atomic E-state index is 0.0747. The van der Waals surface area contributed by atoms with Gasteiger partial charge in [0.05, 0.1) is 39.1 Å². The van der Waals surface area contributed by atoms with Crippen molar-refractivity contribution >= 4 is 23.2 Å². The smallest absolute Gasteiger partial charge is 0.282 e. The monoisotopic (exact) mass is 419 g/mol. The van der Waals surface area contributed by atoms with E-state index in [1.54, 1.807) is 39.5 Å². The summed E-state index contributed by atoms with van der Waals surface area (Å²) >= 11 is 6.09. The number of amides is 1. The van der Waals surface area contributed by atoms with E-state index < -0.39 is 0 Å². The van der Waals surface area contributed by atoms with Crippen LogP contribution in [0, 0.1) is 0 Å². The Labute approximate surface area is 176 Å². The van der Waals surface area contributed by atoms with Gasteiger partial charge in [-0.3, -0.25) is 4.79 Å². The fraction of sp³-hybridized carbons (Fsp3) is 0.409. The molecular weight excluding hydrogens is 392 g/mol. The predicted molar refractivity (Wildman–Crippen MR) is 113 cm³/mol. The van der Waals surface area contributed by atoms with Gasteiger partial charge in [0.15, 0.2) is 6.04 Å². The van der Waals surface area contributed by atoms with Crippen LogP contribution in [0.25, 0.3) is 0 Å². The minimum Gasteiger partial charge on any atom is -0.497 e. The van der Waals surface area contributed by atoms with Crippen molar-refractivity contribution < 1.29 is 23.9 Å². The zero-order valence-corrected chi connectivity index (χ0v) is 18.0. The number of benzene rings is 2. The lowest BCUT2D eigenvalue weighted by Crippen LogP contribution is -3.15. The molecule has 3 rings (SSSR count). The first kappa shape index (κ1) is 21.3. The van der Waals surface area contributed by atoms with Crippen LogP contribution in [0.5, 0.6) is 17.2 Å². The van der Waals surface area contributed by atoms with Crippen LogP contribution in [-0.4, -0.2) is 39.8 Å². The number of carbonyl (C=O) groups is 1. The lowest BCUT2D eigenvalue weighted by Gasteiger charge is -2.28. The number of quaternary nitrogens is 1. The zero-order valence-electron chi connectivity index (χ0n) is 17.3. The van der Waals surface area contributed by atoms with Gasteiger partial charge in [-0.15, -0.1) is 0 Å². The number of carbonyl (C=O) groups excluding carboxylic acids is 1. The van der Waals surface area contributed by atoms with Crippen molar-refractivity contribution in [2.24, 2.45) is 0 Å². The molecule has 1 amide bonds. The Hall–Kier alpha value is -2.44. The van der Waals surface area contributed by atoms with Crippen LogP contribution in [0.3, 0.4) is 0 Å². The van der Waals surface area contributed by atoms with E-state index in [0.717, 1.165) is 36.4 Å². The molecule has 0 radical (unpaired) electrons. The van der Waals surface area contributed by atoms with Crippen LogP contribution in [-0.2, 0) is 4.79 Å². The molecule has 1 heterocycles. The summed E-state index contributed by atoms with van der Waals surface area (Å²) in [6.45, 7) is 2.86. The topological polar surface area (TPSA) is 61.2 Å². The minimum atomic E-state index is -0.262.